The lowest BCUT2D eigenvalue weighted by Crippen LogP contribution is -2.11. The van der Waals surface area contributed by atoms with E-state index < -0.39 is 17.8 Å². The van der Waals surface area contributed by atoms with Crippen molar-refractivity contribution < 1.29 is 17.9 Å². The van der Waals surface area contributed by atoms with Crippen LogP contribution in [0.4, 0.5) is 19.0 Å². The second-order valence-electron chi connectivity index (χ2n) is 6.58. The maximum atomic E-state index is 13.1. The fourth-order valence-corrected chi connectivity index (χ4v) is 3.71. The number of nitrogens with zero attached hydrogens (tertiary/aromatic N) is 3. The van der Waals surface area contributed by atoms with Crippen molar-refractivity contribution in [1.29, 1.82) is 0 Å². The first-order valence-electron chi connectivity index (χ1n) is 8.71. The third-order valence-corrected chi connectivity index (χ3v) is 5.32. The van der Waals surface area contributed by atoms with E-state index in [2.05, 4.69) is 31.2 Å². The summed E-state index contributed by atoms with van der Waals surface area (Å²) < 4.78 is 47.1. The highest BCUT2D eigenvalue weighted by Crippen LogP contribution is 2.35. The number of imidazole rings is 1. The standard InChI is InChI=1S/C20H16BrF3N4O/c1-11(12-4-3-5-13(6-12)20(22,23)24)26-19-14-7-15(21)17(29-2)8-16(14)28-10-25-9-18(28)27-19/h3-11H,1-2H3,(H,26,27)/t11-/m1/s1. The molecule has 1 atom stereocenters. The van der Waals surface area contributed by atoms with E-state index in [4.69, 9.17) is 4.74 Å². The molecule has 2 heterocycles. The normalized spacial score (nSPS) is 13.0. The summed E-state index contributed by atoms with van der Waals surface area (Å²) in [7, 11) is 1.58. The van der Waals surface area contributed by atoms with Crippen LogP contribution in [0.1, 0.15) is 24.1 Å². The predicted octanol–water partition coefficient (Wildman–Crippen LogP) is 5.85. The Morgan fingerprint density at radius 3 is 2.72 bits per heavy atom. The highest BCUT2D eigenvalue weighted by molar-refractivity contribution is 9.10. The number of fused-ring (bicyclic) bond motifs is 3. The summed E-state index contributed by atoms with van der Waals surface area (Å²) in [5.74, 6) is 1.19. The van der Waals surface area contributed by atoms with Gasteiger partial charge in [-0.15, -0.1) is 0 Å². The topological polar surface area (TPSA) is 51.5 Å². The number of methoxy groups -OCH3 is 1. The minimum Gasteiger partial charge on any atom is -0.495 e. The van der Waals surface area contributed by atoms with Crippen LogP contribution in [-0.2, 0) is 6.18 Å². The summed E-state index contributed by atoms with van der Waals surface area (Å²) >= 11 is 3.48. The van der Waals surface area contributed by atoms with E-state index in [0.29, 0.717) is 22.8 Å². The van der Waals surface area contributed by atoms with Crippen molar-refractivity contribution >= 4 is 38.3 Å². The molecule has 0 bridgehead atoms. The molecule has 2 aromatic heterocycles. The van der Waals surface area contributed by atoms with E-state index in [1.54, 1.807) is 32.6 Å². The molecule has 0 unspecified atom stereocenters. The van der Waals surface area contributed by atoms with Crippen molar-refractivity contribution in [3.05, 3.63) is 64.5 Å². The summed E-state index contributed by atoms with van der Waals surface area (Å²) in [6.45, 7) is 1.79. The molecule has 1 N–H and O–H groups in total. The summed E-state index contributed by atoms with van der Waals surface area (Å²) in [5.41, 5.74) is 1.25. The second-order valence-corrected chi connectivity index (χ2v) is 7.43. The highest BCUT2D eigenvalue weighted by atomic mass is 79.9. The van der Waals surface area contributed by atoms with Crippen LogP contribution in [0.25, 0.3) is 16.6 Å². The van der Waals surface area contributed by atoms with Gasteiger partial charge in [-0.25, -0.2) is 9.97 Å². The molecule has 9 heteroatoms. The number of halogens is 4. The van der Waals surface area contributed by atoms with E-state index in [1.165, 1.54) is 6.07 Å². The number of nitrogens with one attached hydrogen (secondary N) is 1. The van der Waals surface area contributed by atoms with Gasteiger partial charge in [0.15, 0.2) is 5.65 Å². The number of anilines is 1. The number of aromatic nitrogens is 3. The minimum absolute atomic E-state index is 0.403. The van der Waals surface area contributed by atoms with Crippen LogP contribution < -0.4 is 10.1 Å². The zero-order chi connectivity index (χ0) is 20.8. The van der Waals surface area contributed by atoms with Crippen LogP contribution in [0.5, 0.6) is 5.75 Å². The third kappa shape index (κ3) is 3.62. The van der Waals surface area contributed by atoms with Crippen molar-refractivity contribution in [3.8, 4) is 5.75 Å². The molecular formula is C20H16BrF3N4O. The molecule has 5 nitrogen and oxygen atoms in total. The van der Waals surface area contributed by atoms with Crippen molar-refractivity contribution in [2.45, 2.75) is 19.1 Å². The quantitative estimate of drug-likeness (QED) is 0.411. The fourth-order valence-electron chi connectivity index (χ4n) is 3.20. The van der Waals surface area contributed by atoms with E-state index >= 15 is 0 Å². The first-order chi connectivity index (χ1) is 13.8. The monoisotopic (exact) mass is 464 g/mol. The highest BCUT2D eigenvalue weighted by Gasteiger charge is 2.30. The predicted molar refractivity (Wildman–Crippen MR) is 108 cm³/mol. The first kappa shape index (κ1) is 19.5. The molecule has 0 spiro atoms. The maximum Gasteiger partial charge on any atom is 0.416 e. The molecule has 29 heavy (non-hydrogen) atoms. The SMILES string of the molecule is COc1cc2c(cc1Br)c(N[C@H](C)c1cccc(C(F)(F)F)c1)nc1cncn12. The smallest absolute Gasteiger partial charge is 0.416 e. The van der Waals surface area contributed by atoms with Gasteiger partial charge in [0.05, 0.1) is 28.9 Å². The van der Waals surface area contributed by atoms with Crippen LogP contribution in [0.15, 0.2) is 53.4 Å². The van der Waals surface area contributed by atoms with Crippen LogP contribution in [0, 0.1) is 0 Å². The van der Waals surface area contributed by atoms with Gasteiger partial charge in [0, 0.05) is 17.5 Å². The number of hydrogen-bond donors (Lipinski definition) is 1. The van der Waals surface area contributed by atoms with Gasteiger partial charge in [-0.3, -0.25) is 4.40 Å². The molecule has 0 saturated carbocycles. The molecule has 150 valence electrons. The Morgan fingerprint density at radius 2 is 2.00 bits per heavy atom. The fraction of sp³-hybridized carbons (Fsp3) is 0.200. The molecule has 0 aliphatic heterocycles. The van der Waals surface area contributed by atoms with Gasteiger partial charge in [0.2, 0.25) is 0 Å². The van der Waals surface area contributed by atoms with Crippen LogP contribution in [0.3, 0.4) is 0 Å². The zero-order valence-electron chi connectivity index (χ0n) is 15.5. The molecule has 0 radical (unpaired) electrons. The maximum absolute atomic E-state index is 13.1. The molecule has 4 rings (SSSR count). The Hall–Kier alpha value is -2.81. The summed E-state index contributed by atoms with van der Waals surface area (Å²) in [5, 5.41) is 4.02. The Bertz CT molecular complexity index is 1210. The van der Waals surface area contributed by atoms with Gasteiger partial charge in [0.1, 0.15) is 17.9 Å². The molecule has 0 fully saturated rings. The molecule has 0 saturated heterocycles. The lowest BCUT2D eigenvalue weighted by molar-refractivity contribution is -0.137. The van der Waals surface area contributed by atoms with Crippen molar-refractivity contribution in [1.82, 2.24) is 14.4 Å². The van der Waals surface area contributed by atoms with Crippen LogP contribution >= 0.6 is 15.9 Å². The van der Waals surface area contributed by atoms with E-state index in [0.717, 1.165) is 27.5 Å². The largest absolute Gasteiger partial charge is 0.495 e. The van der Waals surface area contributed by atoms with Gasteiger partial charge >= 0.3 is 6.18 Å². The lowest BCUT2D eigenvalue weighted by atomic mass is 10.0. The Balaban J connectivity index is 1.80. The van der Waals surface area contributed by atoms with Crippen molar-refractivity contribution in [3.63, 3.8) is 0 Å². The number of hydrogen-bond acceptors (Lipinski definition) is 4. The van der Waals surface area contributed by atoms with E-state index in [9.17, 15) is 13.2 Å². The molecular weight excluding hydrogens is 449 g/mol. The van der Waals surface area contributed by atoms with Crippen molar-refractivity contribution in [2.24, 2.45) is 0 Å². The first-order valence-corrected chi connectivity index (χ1v) is 9.50. The average Bonchev–Trinajstić information content (AvgIpc) is 3.15. The van der Waals surface area contributed by atoms with Gasteiger partial charge in [0.25, 0.3) is 0 Å². The summed E-state index contributed by atoms with van der Waals surface area (Å²) in [4.78, 5) is 8.74. The Morgan fingerprint density at radius 1 is 1.21 bits per heavy atom. The zero-order valence-corrected chi connectivity index (χ0v) is 17.0. The number of rotatable bonds is 4. The van der Waals surface area contributed by atoms with E-state index in [1.807, 2.05) is 16.5 Å². The summed E-state index contributed by atoms with van der Waals surface area (Å²) in [6.07, 6.45) is -1.12. The second kappa shape index (κ2) is 7.22. The van der Waals surface area contributed by atoms with E-state index in [-0.39, 0.29) is 0 Å². The Labute approximate surface area is 172 Å². The molecule has 0 aliphatic carbocycles. The average molecular weight is 465 g/mol. The van der Waals surface area contributed by atoms with Gasteiger partial charge in [-0.05, 0) is 46.6 Å². The molecule has 0 amide bonds. The molecule has 4 aromatic rings. The van der Waals surface area contributed by atoms with Crippen molar-refractivity contribution in [2.75, 3.05) is 12.4 Å². The van der Waals surface area contributed by atoms with Gasteiger partial charge in [-0.1, -0.05) is 12.1 Å². The third-order valence-electron chi connectivity index (χ3n) is 4.70. The number of benzene rings is 2. The molecule has 0 aliphatic rings. The van der Waals surface area contributed by atoms with Gasteiger partial charge < -0.3 is 10.1 Å². The lowest BCUT2D eigenvalue weighted by Gasteiger charge is -2.19. The minimum atomic E-state index is -4.39. The summed E-state index contributed by atoms with van der Waals surface area (Å²) in [6, 6.07) is 8.59. The van der Waals surface area contributed by atoms with Crippen LogP contribution in [0.2, 0.25) is 0 Å². The number of ether oxygens (including phenoxy) is 1. The van der Waals surface area contributed by atoms with Gasteiger partial charge in [-0.2, -0.15) is 13.2 Å². The molecule has 2 aromatic carbocycles. The Kier molecular flexibility index (Phi) is 4.85. The van der Waals surface area contributed by atoms with Crippen LogP contribution in [-0.4, -0.2) is 21.5 Å². The number of alkyl halides is 3.